The molecule has 0 amide bonds. The number of nitrogens with one attached hydrogen (secondary N) is 1. The molecule has 2 aromatic carbocycles. The van der Waals surface area contributed by atoms with Gasteiger partial charge < -0.3 is 29.2 Å². The van der Waals surface area contributed by atoms with Crippen molar-refractivity contribution in [2.45, 2.75) is 44.8 Å². The molecule has 39 heavy (non-hydrogen) atoms. The summed E-state index contributed by atoms with van der Waals surface area (Å²) >= 11 is 0. The van der Waals surface area contributed by atoms with E-state index in [1.54, 1.807) is 0 Å². The molecule has 0 saturated carbocycles. The number of H-pyrrole nitrogens is 1. The summed E-state index contributed by atoms with van der Waals surface area (Å²) in [7, 11) is 2.61. The van der Waals surface area contributed by atoms with Crippen LogP contribution in [0.3, 0.4) is 0 Å². The smallest absolute Gasteiger partial charge is 0.317 e. The van der Waals surface area contributed by atoms with Crippen LogP contribution >= 0.6 is 0 Å². The van der Waals surface area contributed by atoms with Gasteiger partial charge in [-0.3, -0.25) is 14.4 Å². The van der Waals surface area contributed by atoms with Crippen LogP contribution in [0.4, 0.5) is 0 Å². The number of hydrogen-bond donors (Lipinski definition) is 2. The van der Waals surface area contributed by atoms with E-state index in [2.05, 4.69) is 9.88 Å². The maximum Gasteiger partial charge on any atom is 0.317 e. The van der Waals surface area contributed by atoms with Crippen LogP contribution in [0.1, 0.15) is 42.5 Å². The normalized spacial score (nSPS) is 12.7. The van der Waals surface area contributed by atoms with Crippen molar-refractivity contribution in [2.75, 3.05) is 27.4 Å². The van der Waals surface area contributed by atoms with Gasteiger partial charge in [0, 0.05) is 43.0 Å². The first-order valence-corrected chi connectivity index (χ1v) is 12.8. The molecule has 2 atom stereocenters. The Kier molecular flexibility index (Phi) is 11.1. The van der Waals surface area contributed by atoms with Crippen LogP contribution in [0, 0.1) is 0 Å². The summed E-state index contributed by atoms with van der Waals surface area (Å²) in [5.41, 5.74) is 3.56. The third-order valence-corrected chi connectivity index (χ3v) is 6.41. The minimum Gasteiger partial charge on any atom is -0.469 e. The van der Waals surface area contributed by atoms with Crippen LogP contribution in [0.5, 0.6) is 0 Å². The zero-order chi connectivity index (χ0) is 28.2. The van der Waals surface area contributed by atoms with E-state index < -0.39 is 29.9 Å². The molecule has 2 N–H and O–H groups in total. The number of hydrogen-bond acceptors (Lipinski definition) is 8. The fourth-order valence-corrected chi connectivity index (χ4v) is 4.53. The minimum atomic E-state index is -0.821. The van der Waals surface area contributed by atoms with Crippen molar-refractivity contribution in [3.05, 3.63) is 83.7 Å². The zero-order valence-corrected chi connectivity index (χ0v) is 22.6. The largest absolute Gasteiger partial charge is 0.469 e. The number of nitrogens with zero attached hydrogens (tertiary/aromatic N) is 1. The SMILES string of the molecule is COC(=O)CC(C/C=C\N(CCc1c(C(CO)C(=O)OC)[nH]c2ccccc12)Cc1ccccc1)OC(C)=O. The van der Waals surface area contributed by atoms with Gasteiger partial charge in [-0.15, -0.1) is 0 Å². The van der Waals surface area contributed by atoms with Crippen molar-refractivity contribution < 1.29 is 33.7 Å². The summed E-state index contributed by atoms with van der Waals surface area (Å²) in [5.74, 6) is -2.24. The number of esters is 3. The van der Waals surface area contributed by atoms with E-state index in [9.17, 15) is 19.5 Å². The second-order valence-corrected chi connectivity index (χ2v) is 9.16. The lowest BCUT2D eigenvalue weighted by Crippen LogP contribution is -2.23. The Bertz CT molecular complexity index is 1270. The Hall–Kier alpha value is -4.11. The van der Waals surface area contributed by atoms with Crippen LogP contribution in [0.15, 0.2) is 66.9 Å². The number of aromatic amines is 1. The van der Waals surface area contributed by atoms with Crippen molar-refractivity contribution >= 4 is 28.8 Å². The topological polar surface area (TPSA) is 118 Å². The highest BCUT2D eigenvalue weighted by atomic mass is 16.6. The van der Waals surface area contributed by atoms with Gasteiger partial charge in [0.25, 0.3) is 0 Å². The van der Waals surface area contributed by atoms with Gasteiger partial charge in [-0.2, -0.15) is 0 Å². The molecule has 3 rings (SSSR count). The number of carbonyl (C=O) groups is 3. The van der Waals surface area contributed by atoms with Crippen LogP contribution in [-0.4, -0.2) is 66.4 Å². The lowest BCUT2D eigenvalue weighted by molar-refractivity contribution is -0.152. The number of ether oxygens (including phenoxy) is 3. The molecule has 3 aromatic rings. The van der Waals surface area contributed by atoms with Gasteiger partial charge in [-0.1, -0.05) is 54.6 Å². The number of para-hydroxylation sites is 1. The predicted octanol–water partition coefficient (Wildman–Crippen LogP) is 3.86. The van der Waals surface area contributed by atoms with E-state index in [4.69, 9.17) is 14.2 Å². The van der Waals surface area contributed by atoms with Gasteiger partial charge in [-0.05, 0) is 29.8 Å². The van der Waals surface area contributed by atoms with Gasteiger partial charge in [0.05, 0.1) is 27.2 Å². The van der Waals surface area contributed by atoms with E-state index in [1.807, 2.05) is 66.9 Å². The highest BCUT2D eigenvalue weighted by molar-refractivity contribution is 5.88. The second-order valence-electron chi connectivity index (χ2n) is 9.16. The zero-order valence-electron chi connectivity index (χ0n) is 22.6. The van der Waals surface area contributed by atoms with Gasteiger partial charge in [0.15, 0.2) is 0 Å². The molecule has 0 aliphatic rings. The monoisotopic (exact) mass is 536 g/mol. The van der Waals surface area contributed by atoms with E-state index in [0.29, 0.717) is 31.6 Å². The Morgan fingerprint density at radius 1 is 1.03 bits per heavy atom. The van der Waals surface area contributed by atoms with E-state index in [-0.39, 0.29) is 13.0 Å². The van der Waals surface area contributed by atoms with Gasteiger partial charge in [-0.25, -0.2) is 0 Å². The second kappa shape index (κ2) is 14.7. The maximum atomic E-state index is 12.4. The molecule has 0 radical (unpaired) electrons. The van der Waals surface area contributed by atoms with Gasteiger partial charge >= 0.3 is 17.9 Å². The number of methoxy groups -OCH3 is 2. The van der Waals surface area contributed by atoms with E-state index >= 15 is 0 Å². The van der Waals surface area contributed by atoms with Crippen molar-refractivity contribution in [3.63, 3.8) is 0 Å². The first kappa shape index (κ1) is 29.4. The number of fused-ring (bicyclic) bond motifs is 1. The maximum absolute atomic E-state index is 12.4. The fourth-order valence-electron chi connectivity index (χ4n) is 4.53. The van der Waals surface area contributed by atoms with Crippen molar-refractivity contribution in [3.8, 4) is 0 Å². The Morgan fingerprint density at radius 2 is 1.74 bits per heavy atom. The van der Waals surface area contributed by atoms with Gasteiger partial charge in [0.2, 0.25) is 0 Å². The van der Waals surface area contributed by atoms with Gasteiger partial charge in [0.1, 0.15) is 12.0 Å². The highest BCUT2D eigenvalue weighted by Crippen LogP contribution is 2.29. The quantitative estimate of drug-likeness (QED) is 0.236. The van der Waals surface area contributed by atoms with E-state index in [1.165, 1.54) is 21.1 Å². The number of aromatic nitrogens is 1. The molecular weight excluding hydrogens is 500 g/mol. The summed E-state index contributed by atoms with van der Waals surface area (Å²) in [6.45, 7) is 2.14. The lowest BCUT2D eigenvalue weighted by Gasteiger charge is -2.22. The molecule has 2 unspecified atom stereocenters. The Labute approximate surface area is 228 Å². The number of aliphatic hydroxyl groups is 1. The fraction of sp³-hybridized carbons (Fsp3) is 0.367. The number of rotatable bonds is 14. The standard InChI is InChI=1S/C30H36N2O7/c1-21(34)39-23(18-28(35)37-2)12-9-16-32(19-22-10-5-4-6-11-22)17-15-25-24-13-7-8-14-27(24)31-29(25)26(20-33)30(36)38-3/h4-11,13-14,16,23,26,31,33H,12,15,17-20H2,1-3H3/b16-9-. The Morgan fingerprint density at radius 3 is 2.41 bits per heavy atom. The average Bonchev–Trinajstić information content (AvgIpc) is 3.29. The number of aliphatic hydroxyl groups excluding tert-OH is 1. The molecule has 0 aliphatic heterocycles. The summed E-state index contributed by atoms with van der Waals surface area (Å²) in [6.07, 6.45) is 4.07. The molecule has 208 valence electrons. The molecule has 0 spiro atoms. The highest BCUT2D eigenvalue weighted by Gasteiger charge is 2.26. The third kappa shape index (κ3) is 8.44. The molecule has 0 bridgehead atoms. The molecule has 0 aliphatic carbocycles. The molecule has 0 saturated heterocycles. The van der Waals surface area contributed by atoms with Crippen molar-refractivity contribution in [1.29, 1.82) is 0 Å². The molecular formula is C30H36N2O7. The molecule has 1 aromatic heterocycles. The minimum absolute atomic E-state index is 0.0338. The van der Waals surface area contributed by atoms with E-state index in [0.717, 1.165) is 22.0 Å². The third-order valence-electron chi connectivity index (χ3n) is 6.41. The predicted molar refractivity (Wildman–Crippen MR) is 147 cm³/mol. The summed E-state index contributed by atoms with van der Waals surface area (Å²) in [4.78, 5) is 41.2. The Balaban J connectivity index is 1.85. The van der Waals surface area contributed by atoms with Crippen LogP contribution in [0.2, 0.25) is 0 Å². The lowest BCUT2D eigenvalue weighted by atomic mass is 9.98. The van der Waals surface area contributed by atoms with Crippen molar-refractivity contribution in [2.24, 2.45) is 0 Å². The summed E-state index contributed by atoms with van der Waals surface area (Å²) < 4.78 is 15.0. The first-order chi connectivity index (χ1) is 18.9. The number of benzene rings is 2. The summed E-state index contributed by atoms with van der Waals surface area (Å²) in [6, 6.07) is 17.8. The summed E-state index contributed by atoms with van der Waals surface area (Å²) in [5, 5.41) is 11.0. The molecule has 0 fully saturated rings. The average molecular weight is 537 g/mol. The number of carbonyl (C=O) groups excluding carboxylic acids is 3. The van der Waals surface area contributed by atoms with Crippen LogP contribution in [0.25, 0.3) is 10.9 Å². The van der Waals surface area contributed by atoms with Crippen molar-refractivity contribution in [1.82, 2.24) is 9.88 Å². The van der Waals surface area contributed by atoms with Crippen LogP contribution < -0.4 is 0 Å². The van der Waals surface area contributed by atoms with Crippen LogP contribution in [-0.2, 0) is 41.6 Å². The molecule has 1 heterocycles. The molecule has 9 nitrogen and oxygen atoms in total. The molecule has 9 heteroatoms. The first-order valence-electron chi connectivity index (χ1n) is 12.8.